The molecule has 2 rings (SSSR count). The summed E-state index contributed by atoms with van der Waals surface area (Å²) >= 11 is 3.29. The quantitative estimate of drug-likeness (QED) is 0.391. The molecular weight excluding hydrogens is 366 g/mol. The van der Waals surface area contributed by atoms with Crippen LogP contribution in [0.5, 0.6) is 0 Å². The summed E-state index contributed by atoms with van der Waals surface area (Å²) in [5.41, 5.74) is 0.793. The first-order valence-corrected chi connectivity index (χ1v) is 8.23. The van der Waals surface area contributed by atoms with Crippen molar-refractivity contribution in [2.45, 2.75) is 19.8 Å². The molecule has 0 saturated heterocycles. The number of halogens is 1. The van der Waals surface area contributed by atoms with E-state index in [1.54, 1.807) is 18.2 Å². The molecule has 2 amide bonds. The van der Waals surface area contributed by atoms with Crippen LogP contribution in [0.3, 0.4) is 0 Å². The summed E-state index contributed by atoms with van der Waals surface area (Å²) in [5, 5.41) is 0. The van der Waals surface area contributed by atoms with Crippen molar-refractivity contribution in [1.29, 1.82) is 0 Å². The third kappa shape index (κ3) is 4.39. The van der Waals surface area contributed by atoms with Gasteiger partial charge in [0.25, 0.3) is 11.8 Å². The molecule has 0 atom stereocenters. The van der Waals surface area contributed by atoms with Crippen molar-refractivity contribution in [1.82, 2.24) is 4.90 Å². The highest BCUT2D eigenvalue weighted by Crippen LogP contribution is 2.26. The Morgan fingerprint density at radius 2 is 1.91 bits per heavy atom. The van der Waals surface area contributed by atoms with Crippen molar-refractivity contribution >= 4 is 33.7 Å². The van der Waals surface area contributed by atoms with E-state index in [-0.39, 0.29) is 37.4 Å². The lowest BCUT2D eigenvalue weighted by molar-refractivity contribution is -0.145. The minimum Gasteiger partial charge on any atom is -0.463 e. The normalized spacial score (nSPS) is 13.4. The Labute approximate surface area is 142 Å². The van der Waals surface area contributed by atoms with Gasteiger partial charge in [-0.3, -0.25) is 19.3 Å². The number of benzene rings is 1. The standard InChI is InChI=1S/C16H18BrNO5/c1-2-22-8-9-23-14(19)4-3-7-18-15(20)12-6-5-11(17)10-13(12)16(18)21/h5-6,10H,2-4,7-9H2,1H3. The van der Waals surface area contributed by atoms with Crippen LogP contribution in [0.1, 0.15) is 40.5 Å². The predicted molar refractivity (Wildman–Crippen MR) is 86.2 cm³/mol. The lowest BCUT2D eigenvalue weighted by atomic mass is 10.1. The Balaban J connectivity index is 1.80. The molecule has 0 aromatic heterocycles. The number of hydrogen-bond acceptors (Lipinski definition) is 5. The second kappa shape index (κ2) is 8.21. The van der Waals surface area contributed by atoms with Crippen molar-refractivity contribution < 1.29 is 23.9 Å². The molecule has 0 N–H and O–H groups in total. The van der Waals surface area contributed by atoms with Gasteiger partial charge in [-0.15, -0.1) is 0 Å². The van der Waals surface area contributed by atoms with E-state index in [4.69, 9.17) is 9.47 Å². The molecule has 0 bridgehead atoms. The van der Waals surface area contributed by atoms with Crippen LogP contribution in [0.25, 0.3) is 0 Å². The van der Waals surface area contributed by atoms with Gasteiger partial charge < -0.3 is 9.47 Å². The molecule has 0 unspecified atom stereocenters. The summed E-state index contributed by atoms with van der Waals surface area (Å²) in [5.74, 6) is -0.998. The van der Waals surface area contributed by atoms with Gasteiger partial charge in [-0.05, 0) is 31.5 Å². The smallest absolute Gasteiger partial charge is 0.305 e. The SMILES string of the molecule is CCOCCOC(=O)CCCN1C(=O)c2ccc(Br)cc2C1=O. The molecular formula is C16H18BrNO5. The van der Waals surface area contributed by atoms with Crippen molar-refractivity contribution in [3.63, 3.8) is 0 Å². The second-order valence-corrected chi connectivity index (χ2v) is 5.89. The average Bonchev–Trinajstić information content (AvgIpc) is 2.76. The monoisotopic (exact) mass is 383 g/mol. The fourth-order valence-corrected chi connectivity index (χ4v) is 2.64. The van der Waals surface area contributed by atoms with Gasteiger partial charge in [-0.25, -0.2) is 0 Å². The number of rotatable bonds is 8. The van der Waals surface area contributed by atoms with Crippen LogP contribution in [-0.4, -0.2) is 49.0 Å². The molecule has 7 heteroatoms. The Hall–Kier alpha value is -1.73. The van der Waals surface area contributed by atoms with E-state index in [0.717, 1.165) is 4.47 Å². The van der Waals surface area contributed by atoms with Crippen molar-refractivity contribution in [3.05, 3.63) is 33.8 Å². The summed E-state index contributed by atoms with van der Waals surface area (Å²) in [4.78, 5) is 37.1. The van der Waals surface area contributed by atoms with Crippen molar-refractivity contribution in [2.24, 2.45) is 0 Å². The van der Waals surface area contributed by atoms with E-state index in [9.17, 15) is 14.4 Å². The molecule has 124 valence electrons. The number of esters is 1. The van der Waals surface area contributed by atoms with Gasteiger partial charge in [0.15, 0.2) is 0 Å². The van der Waals surface area contributed by atoms with E-state index in [1.807, 2.05) is 6.92 Å². The van der Waals surface area contributed by atoms with Gasteiger partial charge in [0.1, 0.15) is 6.61 Å². The number of ether oxygens (including phenoxy) is 2. The van der Waals surface area contributed by atoms with Gasteiger partial charge >= 0.3 is 5.97 Å². The highest BCUT2D eigenvalue weighted by molar-refractivity contribution is 9.10. The van der Waals surface area contributed by atoms with E-state index in [2.05, 4.69) is 15.9 Å². The molecule has 1 aromatic carbocycles. The zero-order chi connectivity index (χ0) is 16.8. The maximum absolute atomic E-state index is 12.2. The van der Waals surface area contributed by atoms with Crippen LogP contribution in [0.4, 0.5) is 0 Å². The van der Waals surface area contributed by atoms with E-state index in [0.29, 0.717) is 30.8 Å². The Bertz CT molecular complexity index is 616. The number of carbonyl (C=O) groups is 3. The highest BCUT2D eigenvalue weighted by atomic mass is 79.9. The first-order chi connectivity index (χ1) is 11.0. The number of hydrogen-bond donors (Lipinski definition) is 0. The molecule has 0 fully saturated rings. The molecule has 6 nitrogen and oxygen atoms in total. The van der Waals surface area contributed by atoms with E-state index in [1.165, 1.54) is 4.90 Å². The first-order valence-electron chi connectivity index (χ1n) is 7.43. The molecule has 0 saturated carbocycles. The van der Waals surface area contributed by atoms with Crippen LogP contribution in [0.15, 0.2) is 22.7 Å². The van der Waals surface area contributed by atoms with Crippen molar-refractivity contribution in [2.75, 3.05) is 26.4 Å². The lowest BCUT2D eigenvalue weighted by Crippen LogP contribution is -2.31. The number of imide groups is 1. The van der Waals surface area contributed by atoms with Crippen LogP contribution >= 0.6 is 15.9 Å². The summed E-state index contributed by atoms with van der Waals surface area (Å²) in [7, 11) is 0. The van der Waals surface area contributed by atoms with Gasteiger partial charge in [0.05, 0.1) is 17.7 Å². The largest absolute Gasteiger partial charge is 0.463 e. The Morgan fingerprint density at radius 3 is 2.65 bits per heavy atom. The van der Waals surface area contributed by atoms with E-state index < -0.39 is 0 Å². The fraction of sp³-hybridized carbons (Fsp3) is 0.438. The third-order valence-corrected chi connectivity index (χ3v) is 3.88. The molecule has 1 heterocycles. The minimum atomic E-state index is -0.357. The van der Waals surface area contributed by atoms with Crippen LogP contribution in [-0.2, 0) is 14.3 Å². The molecule has 0 spiro atoms. The second-order valence-electron chi connectivity index (χ2n) is 4.97. The maximum atomic E-state index is 12.2. The maximum Gasteiger partial charge on any atom is 0.305 e. The number of carbonyl (C=O) groups excluding carboxylic acids is 3. The molecule has 0 aliphatic carbocycles. The zero-order valence-electron chi connectivity index (χ0n) is 12.8. The van der Waals surface area contributed by atoms with Gasteiger partial charge in [0, 0.05) is 24.0 Å². The number of fused-ring (bicyclic) bond motifs is 1. The molecule has 1 aromatic rings. The van der Waals surface area contributed by atoms with Gasteiger partial charge in [-0.1, -0.05) is 15.9 Å². The minimum absolute atomic E-state index is 0.156. The Kier molecular flexibility index (Phi) is 6.29. The highest BCUT2D eigenvalue weighted by Gasteiger charge is 2.35. The molecule has 23 heavy (non-hydrogen) atoms. The van der Waals surface area contributed by atoms with Crippen LogP contribution < -0.4 is 0 Å². The summed E-state index contributed by atoms with van der Waals surface area (Å²) in [6.45, 7) is 3.23. The van der Waals surface area contributed by atoms with E-state index >= 15 is 0 Å². The van der Waals surface area contributed by atoms with Gasteiger partial charge in [0.2, 0.25) is 0 Å². The third-order valence-electron chi connectivity index (χ3n) is 3.39. The fourth-order valence-electron chi connectivity index (χ4n) is 2.28. The predicted octanol–water partition coefficient (Wildman–Crippen LogP) is 2.41. The molecule has 0 radical (unpaired) electrons. The topological polar surface area (TPSA) is 72.9 Å². The first kappa shape index (κ1) is 17.6. The van der Waals surface area contributed by atoms with Crippen LogP contribution in [0.2, 0.25) is 0 Å². The van der Waals surface area contributed by atoms with Gasteiger partial charge in [-0.2, -0.15) is 0 Å². The molecule has 1 aliphatic rings. The zero-order valence-corrected chi connectivity index (χ0v) is 14.4. The Morgan fingerprint density at radius 1 is 1.17 bits per heavy atom. The van der Waals surface area contributed by atoms with Crippen LogP contribution in [0, 0.1) is 0 Å². The summed E-state index contributed by atoms with van der Waals surface area (Å²) in [6.07, 6.45) is 0.531. The summed E-state index contributed by atoms with van der Waals surface area (Å²) < 4.78 is 10.8. The van der Waals surface area contributed by atoms with Crippen molar-refractivity contribution in [3.8, 4) is 0 Å². The lowest BCUT2D eigenvalue weighted by Gasteiger charge is -2.13. The summed E-state index contributed by atoms with van der Waals surface area (Å²) in [6, 6.07) is 4.99. The number of nitrogens with zero attached hydrogens (tertiary/aromatic N) is 1. The number of amides is 2. The average molecular weight is 384 g/mol. The molecule has 1 aliphatic heterocycles.